The van der Waals surface area contributed by atoms with Gasteiger partial charge in [-0.25, -0.2) is 9.18 Å². The highest BCUT2D eigenvalue weighted by Gasteiger charge is 2.51. The van der Waals surface area contributed by atoms with Crippen LogP contribution in [-0.2, 0) is 24.0 Å². The number of unbranched alkanes of at least 4 members (excludes halogenated alkanes) is 1. The van der Waals surface area contributed by atoms with Crippen LogP contribution in [0.25, 0.3) is 0 Å². The van der Waals surface area contributed by atoms with Gasteiger partial charge in [0.05, 0.1) is 31.7 Å². The van der Waals surface area contributed by atoms with Crippen molar-refractivity contribution in [3.05, 3.63) is 12.2 Å². The highest BCUT2D eigenvalue weighted by atomic mass is 19.1. The van der Waals surface area contributed by atoms with Gasteiger partial charge in [0.1, 0.15) is 6.17 Å². The fourth-order valence-corrected chi connectivity index (χ4v) is 4.89. The molecular weight excluding hydrogens is 391 g/mol. The molecule has 0 aromatic heterocycles. The lowest BCUT2D eigenvalue weighted by molar-refractivity contribution is -0.235. The first-order chi connectivity index (χ1) is 14.4. The predicted molar refractivity (Wildman–Crippen MR) is 110 cm³/mol. The van der Waals surface area contributed by atoms with Crippen molar-refractivity contribution in [3.8, 4) is 0 Å². The Morgan fingerprint density at radius 1 is 1.30 bits per heavy atom. The first-order valence-corrected chi connectivity index (χ1v) is 11.3. The minimum absolute atomic E-state index is 0.00705. The summed E-state index contributed by atoms with van der Waals surface area (Å²) in [5, 5.41) is 8.40. The number of methoxy groups -OCH3 is 1. The van der Waals surface area contributed by atoms with Gasteiger partial charge in [-0.2, -0.15) is 5.26 Å². The molecular formula is C23H37FO6. The predicted octanol–water partition coefficient (Wildman–Crippen LogP) is 4.87. The van der Waals surface area contributed by atoms with Gasteiger partial charge in [0.15, 0.2) is 0 Å². The monoisotopic (exact) mass is 428 g/mol. The van der Waals surface area contributed by atoms with Crippen LogP contribution >= 0.6 is 0 Å². The van der Waals surface area contributed by atoms with Crippen molar-refractivity contribution in [3.63, 3.8) is 0 Å². The highest BCUT2D eigenvalue weighted by molar-refractivity contribution is 5.73. The average molecular weight is 429 g/mol. The fourth-order valence-electron chi connectivity index (χ4n) is 4.89. The van der Waals surface area contributed by atoms with E-state index in [0.29, 0.717) is 19.3 Å². The van der Waals surface area contributed by atoms with Gasteiger partial charge in [0.25, 0.3) is 0 Å². The fraction of sp³-hybridized carbons (Fsp3) is 0.826. The number of hydrogen-bond donors (Lipinski definition) is 1. The van der Waals surface area contributed by atoms with Crippen molar-refractivity contribution in [2.24, 2.45) is 23.7 Å². The second-order valence-corrected chi connectivity index (χ2v) is 8.89. The quantitative estimate of drug-likeness (QED) is 0.207. The van der Waals surface area contributed by atoms with Crippen LogP contribution in [0.4, 0.5) is 4.39 Å². The van der Waals surface area contributed by atoms with E-state index < -0.39 is 12.1 Å². The number of esters is 1. The summed E-state index contributed by atoms with van der Waals surface area (Å²) >= 11 is 0. The van der Waals surface area contributed by atoms with E-state index in [-0.39, 0.29) is 48.3 Å². The van der Waals surface area contributed by atoms with Gasteiger partial charge in [-0.1, -0.05) is 38.8 Å². The van der Waals surface area contributed by atoms with E-state index in [1.54, 1.807) is 0 Å². The van der Waals surface area contributed by atoms with Crippen LogP contribution in [0.2, 0.25) is 0 Å². The molecule has 1 aliphatic heterocycles. The van der Waals surface area contributed by atoms with E-state index in [2.05, 4.69) is 11.8 Å². The maximum Gasteiger partial charge on any atom is 0.342 e. The van der Waals surface area contributed by atoms with E-state index in [4.69, 9.17) is 14.7 Å². The van der Waals surface area contributed by atoms with E-state index in [0.717, 1.165) is 32.1 Å². The summed E-state index contributed by atoms with van der Waals surface area (Å²) in [7, 11) is 1.40. The molecule has 7 heteroatoms. The first-order valence-electron chi connectivity index (χ1n) is 11.3. The van der Waals surface area contributed by atoms with Crippen LogP contribution in [0.15, 0.2) is 12.2 Å². The molecule has 0 bridgehead atoms. The summed E-state index contributed by atoms with van der Waals surface area (Å²) < 4.78 is 25.2. The lowest BCUT2D eigenvalue weighted by Crippen LogP contribution is -2.23. The van der Waals surface area contributed by atoms with Crippen LogP contribution in [-0.4, -0.2) is 42.7 Å². The van der Waals surface area contributed by atoms with Gasteiger partial charge in [-0.05, 0) is 56.3 Å². The molecule has 2 fully saturated rings. The largest absolute Gasteiger partial charge is 0.469 e. The third-order valence-corrected chi connectivity index (χ3v) is 6.55. The molecule has 172 valence electrons. The summed E-state index contributed by atoms with van der Waals surface area (Å²) in [5.41, 5.74) is 0. The van der Waals surface area contributed by atoms with Crippen molar-refractivity contribution in [2.45, 2.75) is 90.0 Å². The molecule has 1 heterocycles. The Kier molecular flexibility index (Phi) is 10.2. The number of alkyl halides is 1. The van der Waals surface area contributed by atoms with Crippen molar-refractivity contribution in [2.75, 3.05) is 7.11 Å². The Hall–Kier alpha value is -1.47. The third-order valence-electron chi connectivity index (χ3n) is 6.55. The average Bonchev–Trinajstić information content (AvgIpc) is 3.28. The van der Waals surface area contributed by atoms with Crippen LogP contribution in [0.3, 0.4) is 0 Å². The number of carbonyl (C=O) groups excluding carboxylic acids is 2. The third kappa shape index (κ3) is 7.05. The van der Waals surface area contributed by atoms with E-state index in [1.807, 2.05) is 19.1 Å². The zero-order valence-corrected chi connectivity index (χ0v) is 18.4. The number of rotatable bonds is 12. The van der Waals surface area contributed by atoms with Gasteiger partial charge in [-0.3, -0.25) is 4.79 Å². The van der Waals surface area contributed by atoms with Gasteiger partial charge in [0.2, 0.25) is 0 Å². The lowest BCUT2D eigenvalue weighted by Gasteiger charge is -2.20. The molecule has 2 unspecified atom stereocenters. The molecule has 1 N–H and O–H groups in total. The summed E-state index contributed by atoms with van der Waals surface area (Å²) in [6.45, 7) is 4.00. The Bertz CT molecular complexity index is 580. The molecule has 0 aromatic rings. The molecule has 0 amide bonds. The Labute approximate surface area is 179 Å². The Morgan fingerprint density at radius 3 is 2.73 bits per heavy atom. The van der Waals surface area contributed by atoms with Crippen LogP contribution in [0.5, 0.6) is 0 Å². The molecule has 6 nitrogen and oxygen atoms in total. The molecule has 1 aliphatic carbocycles. The van der Waals surface area contributed by atoms with Crippen LogP contribution in [0.1, 0.15) is 71.6 Å². The van der Waals surface area contributed by atoms with Crippen molar-refractivity contribution in [1.29, 1.82) is 0 Å². The van der Waals surface area contributed by atoms with Crippen LogP contribution < -0.4 is 0 Å². The summed E-state index contributed by atoms with van der Waals surface area (Å²) in [4.78, 5) is 27.2. The molecule has 2 aliphatic rings. The normalized spacial score (nSPS) is 30.2. The van der Waals surface area contributed by atoms with Gasteiger partial charge in [0, 0.05) is 0 Å². The van der Waals surface area contributed by atoms with E-state index >= 15 is 0 Å². The summed E-state index contributed by atoms with van der Waals surface area (Å²) in [5.74, 6) is -0.763. The maximum absolute atomic E-state index is 14.0. The second kappa shape index (κ2) is 12.4. The highest BCUT2D eigenvalue weighted by Crippen LogP contribution is 2.48. The van der Waals surface area contributed by atoms with Crippen LogP contribution in [0, 0.1) is 23.7 Å². The standard InChI is InChI=1S/C23H37FO6/c1-4-5-7-16(24)8-6-9-18-19-13-17(11-10-15(2)12-22(25)30-27)29-21(19)14-20(18)23(26)28-3/h6,9,15-21,27H,4-5,7-8,10-14H2,1-3H3/t15?,16?,17-,18-,19+,20+,21-/m0/s1. The first kappa shape index (κ1) is 24.8. The number of fused-ring (bicyclic) bond motifs is 1. The molecule has 2 rings (SSSR count). The summed E-state index contributed by atoms with van der Waals surface area (Å²) in [6, 6.07) is 0. The summed E-state index contributed by atoms with van der Waals surface area (Å²) in [6.07, 6.45) is 9.24. The molecule has 0 radical (unpaired) electrons. The zero-order chi connectivity index (χ0) is 22.1. The number of carbonyl (C=O) groups is 2. The van der Waals surface area contributed by atoms with Gasteiger partial charge >= 0.3 is 11.9 Å². The number of halogens is 1. The molecule has 0 spiro atoms. The second-order valence-electron chi connectivity index (χ2n) is 8.89. The number of ether oxygens (including phenoxy) is 2. The molecule has 1 saturated heterocycles. The van der Waals surface area contributed by atoms with Gasteiger partial charge < -0.3 is 14.4 Å². The van der Waals surface area contributed by atoms with Crippen molar-refractivity contribution < 1.29 is 33.6 Å². The number of allylic oxidation sites excluding steroid dienone is 2. The minimum atomic E-state index is -0.838. The minimum Gasteiger partial charge on any atom is -0.469 e. The lowest BCUT2D eigenvalue weighted by atomic mass is 9.85. The van der Waals surface area contributed by atoms with E-state index in [9.17, 15) is 14.0 Å². The molecule has 1 saturated carbocycles. The Balaban J connectivity index is 1.91. The Morgan fingerprint density at radius 2 is 2.07 bits per heavy atom. The topological polar surface area (TPSA) is 82.1 Å². The molecule has 30 heavy (non-hydrogen) atoms. The number of hydrogen-bond acceptors (Lipinski definition) is 6. The molecule has 0 aromatic carbocycles. The van der Waals surface area contributed by atoms with Gasteiger partial charge in [-0.15, -0.1) is 0 Å². The smallest absolute Gasteiger partial charge is 0.342 e. The molecule has 7 atom stereocenters. The van der Waals surface area contributed by atoms with Crippen molar-refractivity contribution in [1.82, 2.24) is 0 Å². The maximum atomic E-state index is 14.0. The van der Waals surface area contributed by atoms with E-state index in [1.165, 1.54) is 7.11 Å². The SMILES string of the molecule is CCCCC(F)CC=C[C@H]1[C@H]2C[C@H](CCC(C)CC(=O)OO)O[C@H]2C[C@H]1C(=O)OC. The van der Waals surface area contributed by atoms with Crippen molar-refractivity contribution >= 4 is 11.9 Å². The zero-order valence-electron chi connectivity index (χ0n) is 18.4.